The van der Waals surface area contributed by atoms with Crippen LogP contribution in [-0.4, -0.2) is 30.7 Å². The minimum absolute atomic E-state index is 0.00219. The molecular formula is C16H18N2O4. The number of aromatic nitrogens is 1. The number of nitrogens with zero attached hydrogens (tertiary/aromatic N) is 1. The summed E-state index contributed by atoms with van der Waals surface area (Å²) in [4.78, 5) is 23.2. The Morgan fingerprint density at radius 1 is 1.14 bits per heavy atom. The van der Waals surface area contributed by atoms with Gasteiger partial charge in [-0.3, -0.25) is 9.59 Å². The van der Waals surface area contributed by atoms with Crippen LogP contribution in [0.5, 0.6) is 11.5 Å². The second kappa shape index (κ2) is 7.87. The number of pyridine rings is 1. The highest BCUT2D eigenvalue weighted by atomic mass is 16.5. The molecule has 0 spiro atoms. The van der Waals surface area contributed by atoms with Crippen molar-refractivity contribution in [3.05, 3.63) is 59.0 Å². The van der Waals surface area contributed by atoms with Gasteiger partial charge >= 0.3 is 0 Å². The van der Waals surface area contributed by atoms with E-state index >= 15 is 0 Å². The number of carbonyl (C=O) groups excluding carboxylic acids is 1. The molecule has 0 atom stereocenters. The largest absolute Gasteiger partial charge is 0.497 e. The van der Waals surface area contributed by atoms with Crippen molar-refractivity contribution in [2.45, 2.75) is 6.54 Å². The van der Waals surface area contributed by atoms with Crippen molar-refractivity contribution in [3.8, 4) is 11.5 Å². The van der Waals surface area contributed by atoms with Crippen LogP contribution in [-0.2, 0) is 11.3 Å². The molecule has 22 heavy (non-hydrogen) atoms. The molecule has 0 unspecified atom stereocenters. The molecule has 2 aromatic rings. The fraction of sp³-hybridized carbons (Fsp3) is 0.250. The molecule has 0 fully saturated rings. The maximum absolute atomic E-state index is 11.7. The first-order valence-electron chi connectivity index (χ1n) is 6.88. The fourth-order valence-electron chi connectivity index (χ4n) is 1.83. The average molecular weight is 302 g/mol. The molecule has 1 amide bonds. The summed E-state index contributed by atoms with van der Waals surface area (Å²) < 4.78 is 11.9. The highest BCUT2D eigenvalue weighted by Gasteiger charge is 2.03. The number of carbonyl (C=O) groups is 1. The molecule has 0 aliphatic rings. The predicted molar refractivity (Wildman–Crippen MR) is 82.2 cm³/mol. The van der Waals surface area contributed by atoms with Gasteiger partial charge in [-0.2, -0.15) is 0 Å². The Morgan fingerprint density at radius 3 is 2.55 bits per heavy atom. The van der Waals surface area contributed by atoms with Crippen LogP contribution < -0.4 is 20.3 Å². The van der Waals surface area contributed by atoms with Crippen LogP contribution in [0.3, 0.4) is 0 Å². The van der Waals surface area contributed by atoms with Gasteiger partial charge in [-0.15, -0.1) is 0 Å². The topological polar surface area (TPSA) is 69.6 Å². The molecule has 0 saturated heterocycles. The quantitative estimate of drug-likeness (QED) is 0.776. The standard InChI is InChI=1S/C16H18N2O4/c1-21-13-5-7-14(8-6-13)22-11-9-17-15(19)12-18-10-3-2-4-16(18)20/h2-8,10H,9,11-12H2,1H3,(H,17,19). The van der Waals surface area contributed by atoms with E-state index in [0.29, 0.717) is 18.9 Å². The van der Waals surface area contributed by atoms with Gasteiger partial charge in [0.25, 0.3) is 5.56 Å². The lowest BCUT2D eigenvalue weighted by atomic mass is 10.3. The molecule has 0 radical (unpaired) electrons. The van der Waals surface area contributed by atoms with Gasteiger partial charge in [0.2, 0.25) is 5.91 Å². The van der Waals surface area contributed by atoms with Gasteiger partial charge in [-0.1, -0.05) is 6.07 Å². The minimum atomic E-state index is -0.230. The summed E-state index contributed by atoms with van der Waals surface area (Å²) in [6, 6.07) is 12.0. The second-order valence-electron chi connectivity index (χ2n) is 4.54. The lowest BCUT2D eigenvalue weighted by Crippen LogP contribution is -2.34. The average Bonchev–Trinajstić information content (AvgIpc) is 2.54. The van der Waals surface area contributed by atoms with Gasteiger partial charge in [0.05, 0.1) is 13.7 Å². The van der Waals surface area contributed by atoms with Crippen molar-refractivity contribution in [3.63, 3.8) is 0 Å². The number of methoxy groups -OCH3 is 1. The summed E-state index contributed by atoms with van der Waals surface area (Å²) in [5.41, 5.74) is -0.202. The number of hydrogen-bond acceptors (Lipinski definition) is 4. The third-order valence-corrected chi connectivity index (χ3v) is 2.97. The molecule has 6 heteroatoms. The van der Waals surface area contributed by atoms with Crippen molar-refractivity contribution in [2.24, 2.45) is 0 Å². The van der Waals surface area contributed by atoms with Gasteiger partial charge in [0, 0.05) is 12.3 Å². The zero-order valence-electron chi connectivity index (χ0n) is 12.3. The van der Waals surface area contributed by atoms with E-state index in [4.69, 9.17) is 9.47 Å². The maximum Gasteiger partial charge on any atom is 0.250 e. The third kappa shape index (κ3) is 4.66. The van der Waals surface area contributed by atoms with Crippen molar-refractivity contribution in [1.29, 1.82) is 0 Å². The van der Waals surface area contributed by atoms with Gasteiger partial charge < -0.3 is 19.4 Å². The highest BCUT2D eigenvalue weighted by Crippen LogP contribution is 2.16. The summed E-state index contributed by atoms with van der Waals surface area (Å²) in [6.45, 7) is 0.719. The lowest BCUT2D eigenvalue weighted by molar-refractivity contribution is -0.121. The summed E-state index contributed by atoms with van der Waals surface area (Å²) in [5, 5.41) is 2.70. The van der Waals surface area contributed by atoms with E-state index in [1.165, 1.54) is 10.6 Å². The maximum atomic E-state index is 11.7. The lowest BCUT2D eigenvalue weighted by Gasteiger charge is -2.09. The Kier molecular flexibility index (Phi) is 5.59. The zero-order valence-corrected chi connectivity index (χ0v) is 12.3. The van der Waals surface area contributed by atoms with Crippen molar-refractivity contribution >= 4 is 5.91 Å². The van der Waals surface area contributed by atoms with E-state index in [1.54, 1.807) is 49.7 Å². The Labute approximate surface area is 128 Å². The van der Waals surface area contributed by atoms with Crippen LogP contribution in [0.1, 0.15) is 0 Å². The van der Waals surface area contributed by atoms with Crippen LogP contribution in [0.4, 0.5) is 0 Å². The molecule has 2 rings (SSSR count). The van der Waals surface area contributed by atoms with Crippen molar-refractivity contribution < 1.29 is 14.3 Å². The molecular weight excluding hydrogens is 284 g/mol. The van der Waals surface area contributed by atoms with Crippen LogP contribution in [0.2, 0.25) is 0 Å². The van der Waals surface area contributed by atoms with Crippen LogP contribution >= 0.6 is 0 Å². The first-order valence-corrected chi connectivity index (χ1v) is 6.88. The van der Waals surface area contributed by atoms with Crippen molar-refractivity contribution in [2.75, 3.05) is 20.3 Å². The third-order valence-electron chi connectivity index (χ3n) is 2.97. The van der Waals surface area contributed by atoms with Gasteiger partial charge in [0.1, 0.15) is 24.7 Å². The van der Waals surface area contributed by atoms with Gasteiger partial charge in [-0.05, 0) is 30.3 Å². The van der Waals surface area contributed by atoms with E-state index < -0.39 is 0 Å². The Morgan fingerprint density at radius 2 is 1.86 bits per heavy atom. The molecule has 1 aromatic carbocycles. The number of rotatable bonds is 7. The Hall–Kier alpha value is -2.76. The smallest absolute Gasteiger partial charge is 0.250 e. The number of nitrogens with one attached hydrogen (secondary N) is 1. The molecule has 0 aliphatic heterocycles. The molecule has 0 bridgehead atoms. The second-order valence-corrected chi connectivity index (χ2v) is 4.54. The van der Waals surface area contributed by atoms with E-state index in [0.717, 1.165) is 5.75 Å². The fourth-order valence-corrected chi connectivity index (χ4v) is 1.83. The van der Waals surface area contributed by atoms with Gasteiger partial charge in [-0.25, -0.2) is 0 Å². The SMILES string of the molecule is COc1ccc(OCCNC(=O)Cn2ccccc2=O)cc1. The molecule has 6 nitrogen and oxygen atoms in total. The van der Waals surface area contributed by atoms with Gasteiger partial charge in [0.15, 0.2) is 0 Å². The molecule has 0 aliphatic carbocycles. The first kappa shape index (κ1) is 15.6. The highest BCUT2D eigenvalue weighted by molar-refractivity contribution is 5.75. The molecule has 1 heterocycles. The number of hydrogen-bond donors (Lipinski definition) is 1. The Bertz CT molecular complexity index is 664. The monoisotopic (exact) mass is 302 g/mol. The van der Waals surface area contributed by atoms with Crippen LogP contribution in [0.15, 0.2) is 53.5 Å². The van der Waals surface area contributed by atoms with E-state index in [-0.39, 0.29) is 18.0 Å². The zero-order chi connectivity index (χ0) is 15.8. The molecule has 116 valence electrons. The van der Waals surface area contributed by atoms with E-state index in [1.807, 2.05) is 0 Å². The van der Waals surface area contributed by atoms with Crippen LogP contribution in [0.25, 0.3) is 0 Å². The Balaban J connectivity index is 1.71. The summed E-state index contributed by atoms with van der Waals surface area (Å²) in [5.74, 6) is 1.23. The molecule has 1 N–H and O–H groups in total. The minimum Gasteiger partial charge on any atom is -0.497 e. The number of amides is 1. The summed E-state index contributed by atoms with van der Waals surface area (Å²) in [6.07, 6.45) is 1.58. The van der Waals surface area contributed by atoms with E-state index in [9.17, 15) is 9.59 Å². The van der Waals surface area contributed by atoms with Crippen LogP contribution in [0, 0.1) is 0 Å². The molecule has 1 aromatic heterocycles. The predicted octanol–water partition coefficient (Wildman–Crippen LogP) is 1.05. The summed E-state index contributed by atoms with van der Waals surface area (Å²) >= 11 is 0. The summed E-state index contributed by atoms with van der Waals surface area (Å²) in [7, 11) is 1.60. The van der Waals surface area contributed by atoms with Crippen molar-refractivity contribution in [1.82, 2.24) is 9.88 Å². The number of ether oxygens (including phenoxy) is 2. The molecule has 0 saturated carbocycles. The number of benzene rings is 1. The van der Waals surface area contributed by atoms with E-state index in [2.05, 4.69) is 5.32 Å². The first-order chi connectivity index (χ1) is 10.7. The normalized spacial score (nSPS) is 10.0.